The SMILES string of the molecule is O=C(CC1CCCC1)N1CCCC1C1CCCC1O. The second-order valence-corrected chi connectivity index (χ2v) is 6.81. The Morgan fingerprint density at radius 1 is 1.00 bits per heavy atom. The van der Waals surface area contributed by atoms with E-state index in [1.54, 1.807) is 0 Å². The van der Waals surface area contributed by atoms with Gasteiger partial charge >= 0.3 is 0 Å². The van der Waals surface area contributed by atoms with Gasteiger partial charge in [-0.05, 0) is 44.4 Å². The van der Waals surface area contributed by atoms with Crippen molar-refractivity contribution in [1.82, 2.24) is 4.90 Å². The molecule has 3 fully saturated rings. The first-order valence-corrected chi connectivity index (χ1v) is 8.23. The molecule has 0 radical (unpaired) electrons. The fraction of sp³-hybridized carbons (Fsp3) is 0.938. The second-order valence-electron chi connectivity index (χ2n) is 6.81. The van der Waals surface area contributed by atoms with Crippen LogP contribution in [0.1, 0.15) is 64.2 Å². The predicted molar refractivity (Wildman–Crippen MR) is 74.7 cm³/mol. The van der Waals surface area contributed by atoms with Crippen LogP contribution in [0.2, 0.25) is 0 Å². The summed E-state index contributed by atoms with van der Waals surface area (Å²) in [6.45, 7) is 0.930. The maximum atomic E-state index is 12.5. The summed E-state index contributed by atoms with van der Waals surface area (Å²) >= 11 is 0. The van der Waals surface area contributed by atoms with Crippen LogP contribution < -0.4 is 0 Å². The summed E-state index contributed by atoms with van der Waals surface area (Å²) in [5.74, 6) is 1.37. The van der Waals surface area contributed by atoms with Crippen molar-refractivity contribution in [2.45, 2.75) is 76.4 Å². The number of amides is 1. The van der Waals surface area contributed by atoms with E-state index in [0.717, 1.165) is 45.1 Å². The van der Waals surface area contributed by atoms with Gasteiger partial charge < -0.3 is 10.0 Å². The van der Waals surface area contributed by atoms with Gasteiger partial charge in [0.1, 0.15) is 0 Å². The zero-order valence-corrected chi connectivity index (χ0v) is 11.9. The van der Waals surface area contributed by atoms with Crippen LogP contribution >= 0.6 is 0 Å². The van der Waals surface area contributed by atoms with Crippen LogP contribution in [-0.4, -0.2) is 34.6 Å². The zero-order valence-electron chi connectivity index (χ0n) is 11.9. The van der Waals surface area contributed by atoms with Gasteiger partial charge in [0.25, 0.3) is 0 Å². The van der Waals surface area contributed by atoms with E-state index in [4.69, 9.17) is 0 Å². The molecule has 3 aliphatic rings. The molecule has 3 unspecified atom stereocenters. The molecule has 1 amide bonds. The normalized spacial score (nSPS) is 36.3. The van der Waals surface area contributed by atoms with Crippen LogP contribution in [0.4, 0.5) is 0 Å². The quantitative estimate of drug-likeness (QED) is 0.852. The largest absolute Gasteiger partial charge is 0.393 e. The molecule has 108 valence electrons. The average Bonchev–Trinajstić information content (AvgIpc) is 3.07. The molecule has 3 nitrogen and oxygen atoms in total. The van der Waals surface area contributed by atoms with Crippen molar-refractivity contribution in [3.8, 4) is 0 Å². The predicted octanol–water partition coefficient (Wildman–Crippen LogP) is 2.72. The van der Waals surface area contributed by atoms with E-state index in [0.29, 0.717) is 23.8 Å². The summed E-state index contributed by atoms with van der Waals surface area (Å²) in [6, 6.07) is 0.339. The van der Waals surface area contributed by atoms with E-state index in [1.165, 1.54) is 25.7 Å². The number of aliphatic hydroxyl groups is 1. The fourth-order valence-corrected chi connectivity index (χ4v) is 4.54. The van der Waals surface area contributed by atoms with Gasteiger partial charge in [-0.3, -0.25) is 4.79 Å². The molecule has 1 saturated heterocycles. The van der Waals surface area contributed by atoms with Crippen molar-refractivity contribution in [2.75, 3.05) is 6.54 Å². The molecule has 0 aromatic heterocycles. The molecule has 1 N–H and O–H groups in total. The van der Waals surface area contributed by atoms with Crippen LogP contribution in [0.3, 0.4) is 0 Å². The molecule has 3 rings (SSSR count). The number of hydrogen-bond acceptors (Lipinski definition) is 2. The first kappa shape index (κ1) is 13.4. The Morgan fingerprint density at radius 3 is 2.47 bits per heavy atom. The van der Waals surface area contributed by atoms with Crippen LogP contribution in [-0.2, 0) is 4.79 Å². The highest BCUT2D eigenvalue weighted by atomic mass is 16.3. The second kappa shape index (κ2) is 5.82. The molecule has 0 aromatic carbocycles. The molecule has 3 heteroatoms. The van der Waals surface area contributed by atoms with Crippen LogP contribution in [0.25, 0.3) is 0 Å². The summed E-state index contributed by atoms with van der Waals surface area (Å²) in [5.41, 5.74) is 0. The molecule has 0 bridgehead atoms. The zero-order chi connectivity index (χ0) is 13.2. The Labute approximate surface area is 116 Å². The average molecular weight is 265 g/mol. The Kier molecular flexibility index (Phi) is 4.11. The van der Waals surface area contributed by atoms with Crippen molar-refractivity contribution in [2.24, 2.45) is 11.8 Å². The number of nitrogens with zero attached hydrogens (tertiary/aromatic N) is 1. The van der Waals surface area contributed by atoms with E-state index in [-0.39, 0.29) is 6.10 Å². The lowest BCUT2D eigenvalue weighted by atomic mass is 9.93. The van der Waals surface area contributed by atoms with Crippen molar-refractivity contribution >= 4 is 5.91 Å². The number of likely N-dealkylation sites (tertiary alicyclic amines) is 1. The number of carbonyl (C=O) groups excluding carboxylic acids is 1. The summed E-state index contributed by atoms with van der Waals surface area (Å²) < 4.78 is 0. The first-order chi connectivity index (χ1) is 9.25. The molecule has 3 atom stereocenters. The van der Waals surface area contributed by atoms with Gasteiger partial charge in [-0.25, -0.2) is 0 Å². The van der Waals surface area contributed by atoms with Gasteiger partial charge in [0.15, 0.2) is 0 Å². The minimum Gasteiger partial charge on any atom is -0.393 e. The molecule has 2 saturated carbocycles. The Morgan fingerprint density at radius 2 is 1.79 bits per heavy atom. The number of rotatable bonds is 3. The number of carbonyl (C=O) groups is 1. The summed E-state index contributed by atoms with van der Waals surface area (Å²) in [6.07, 6.45) is 11.1. The molecule has 19 heavy (non-hydrogen) atoms. The highest BCUT2D eigenvalue weighted by molar-refractivity contribution is 5.77. The Balaban J connectivity index is 1.60. The van der Waals surface area contributed by atoms with Crippen LogP contribution in [0.15, 0.2) is 0 Å². The molecular weight excluding hydrogens is 238 g/mol. The molecule has 2 aliphatic carbocycles. The summed E-state index contributed by atoms with van der Waals surface area (Å²) in [7, 11) is 0. The standard InChI is InChI=1S/C16H27NO2/c18-15-9-3-7-13(15)14-8-4-10-17(14)16(19)11-12-5-1-2-6-12/h12-15,18H,1-11H2. The Bertz CT molecular complexity index is 325. The van der Waals surface area contributed by atoms with E-state index in [2.05, 4.69) is 4.90 Å². The fourth-order valence-electron chi connectivity index (χ4n) is 4.54. The van der Waals surface area contributed by atoms with E-state index in [9.17, 15) is 9.90 Å². The van der Waals surface area contributed by atoms with Gasteiger partial charge in [-0.15, -0.1) is 0 Å². The lowest BCUT2D eigenvalue weighted by Gasteiger charge is -2.32. The monoisotopic (exact) mass is 265 g/mol. The Hall–Kier alpha value is -0.570. The molecule has 1 aliphatic heterocycles. The van der Waals surface area contributed by atoms with Gasteiger partial charge in [0.2, 0.25) is 5.91 Å². The van der Waals surface area contributed by atoms with E-state index < -0.39 is 0 Å². The number of aliphatic hydroxyl groups excluding tert-OH is 1. The molecule has 0 aromatic rings. The molecule has 0 spiro atoms. The smallest absolute Gasteiger partial charge is 0.223 e. The van der Waals surface area contributed by atoms with Crippen LogP contribution in [0, 0.1) is 11.8 Å². The minimum atomic E-state index is -0.162. The molecule has 1 heterocycles. The minimum absolute atomic E-state index is 0.162. The summed E-state index contributed by atoms with van der Waals surface area (Å²) in [5, 5.41) is 10.1. The third-order valence-corrected chi connectivity index (χ3v) is 5.58. The maximum absolute atomic E-state index is 12.5. The maximum Gasteiger partial charge on any atom is 0.223 e. The lowest BCUT2D eigenvalue weighted by molar-refractivity contribution is -0.134. The lowest BCUT2D eigenvalue weighted by Crippen LogP contribution is -2.42. The van der Waals surface area contributed by atoms with Gasteiger partial charge in [-0.2, -0.15) is 0 Å². The van der Waals surface area contributed by atoms with Gasteiger partial charge in [0.05, 0.1) is 6.10 Å². The van der Waals surface area contributed by atoms with Gasteiger partial charge in [-0.1, -0.05) is 19.3 Å². The van der Waals surface area contributed by atoms with Crippen LogP contribution in [0.5, 0.6) is 0 Å². The van der Waals surface area contributed by atoms with Crippen molar-refractivity contribution in [1.29, 1.82) is 0 Å². The highest BCUT2D eigenvalue weighted by Crippen LogP contribution is 2.37. The van der Waals surface area contributed by atoms with E-state index in [1.807, 2.05) is 0 Å². The topological polar surface area (TPSA) is 40.5 Å². The van der Waals surface area contributed by atoms with E-state index >= 15 is 0 Å². The van der Waals surface area contributed by atoms with Crippen molar-refractivity contribution in [3.63, 3.8) is 0 Å². The van der Waals surface area contributed by atoms with Crippen molar-refractivity contribution in [3.05, 3.63) is 0 Å². The third-order valence-electron chi connectivity index (χ3n) is 5.58. The highest BCUT2D eigenvalue weighted by Gasteiger charge is 2.40. The van der Waals surface area contributed by atoms with Crippen molar-refractivity contribution < 1.29 is 9.90 Å². The molecular formula is C16H27NO2. The van der Waals surface area contributed by atoms with Gasteiger partial charge in [0, 0.05) is 24.9 Å². The number of hydrogen-bond donors (Lipinski definition) is 1. The first-order valence-electron chi connectivity index (χ1n) is 8.23. The summed E-state index contributed by atoms with van der Waals surface area (Å²) in [4.78, 5) is 14.6. The third kappa shape index (κ3) is 2.81.